The number of hydrogen-bond donors (Lipinski definition) is 1. The van der Waals surface area contributed by atoms with Gasteiger partial charge in [-0.1, -0.05) is 6.42 Å². The number of imidazole rings is 1. The Balaban J connectivity index is 1.75. The highest BCUT2D eigenvalue weighted by molar-refractivity contribution is 4.97. The molecule has 1 aromatic heterocycles. The Hall–Kier alpha value is -0.870. The molecule has 2 heterocycles. The Morgan fingerprint density at radius 3 is 3.12 bits per heavy atom. The standard InChI is InChI=1S/C13H23N3O/c1-11(2)16-10-14-7-13(16)9-17-8-12-5-3-4-6-15-12/h7,10-12,15H,3-6,8-9H2,1-2H3. The van der Waals surface area contributed by atoms with Crippen molar-refractivity contribution in [2.45, 2.75) is 51.8 Å². The van der Waals surface area contributed by atoms with Crippen LogP contribution in [0, 0.1) is 0 Å². The van der Waals surface area contributed by atoms with Crippen molar-refractivity contribution < 1.29 is 4.74 Å². The molecule has 0 radical (unpaired) electrons. The number of piperidine rings is 1. The van der Waals surface area contributed by atoms with Crippen molar-refractivity contribution >= 4 is 0 Å². The van der Waals surface area contributed by atoms with Crippen LogP contribution in [-0.2, 0) is 11.3 Å². The number of rotatable bonds is 5. The van der Waals surface area contributed by atoms with E-state index in [2.05, 4.69) is 28.7 Å². The third kappa shape index (κ3) is 3.54. The first-order valence-electron chi connectivity index (χ1n) is 6.59. The summed E-state index contributed by atoms with van der Waals surface area (Å²) in [6, 6.07) is 0.989. The van der Waals surface area contributed by atoms with Gasteiger partial charge in [0.15, 0.2) is 0 Å². The first kappa shape index (κ1) is 12.6. The minimum Gasteiger partial charge on any atom is -0.374 e. The van der Waals surface area contributed by atoms with Crippen LogP contribution in [0.5, 0.6) is 0 Å². The molecule has 2 rings (SSSR count). The summed E-state index contributed by atoms with van der Waals surface area (Å²) in [5.74, 6) is 0. The number of ether oxygens (including phenoxy) is 1. The molecule has 4 heteroatoms. The summed E-state index contributed by atoms with van der Waals surface area (Å²) in [6.07, 6.45) is 7.64. The molecular weight excluding hydrogens is 214 g/mol. The maximum Gasteiger partial charge on any atom is 0.0951 e. The van der Waals surface area contributed by atoms with E-state index in [4.69, 9.17) is 4.74 Å². The molecule has 0 bridgehead atoms. The lowest BCUT2D eigenvalue weighted by Crippen LogP contribution is -2.37. The van der Waals surface area contributed by atoms with E-state index >= 15 is 0 Å². The summed E-state index contributed by atoms with van der Waals surface area (Å²) in [5, 5.41) is 3.49. The van der Waals surface area contributed by atoms with Gasteiger partial charge in [-0.05, 0) is 33.2 Å². The summed E-state index contributed by atoms with van der Waals surface area (Å²) in [6.45, 7) is 6.93. The number of nitrogens with zero attached hydrogens (tertiary/aromatic N) is 2. The molecule has 1 aliphatic heterocycles. The highest BCUT2D eigenvalue weighted by atomic mass is 16.5. The Kier molecular flexibility index (Phi) is 4.57. The molecule has 1 aliphatic rings. The van der Waals surface area contributed by atoms with Crippen molar-refractivity contribution in [2.75, 3.05) is 13.2 Å². The van der Waals surface area contributed by atoms with E-state index in [-0.39, 0.29) is 0 Å². The van der Waals surface area contributed by atoms with Gasteiger partial charge in [-0.2, -0.15) is 0 Å². The van der Waals surface area contributed by atoms with Gasteiger partial charge in [0.05, 0.1) is 31.4 Å². The van der Waals surface area contributed by atoms with Crippen molar-refractivity contribution in [3.63, 3.8) is 0 Å². The van der Waals surface area contributed by atoms with Crippen LogP contribution in [0.1, 0.15) is 44.8 Å². The normalized spacial score (nSPS) is 21.0. The Morgan fingerprint density at radius 2 is 2.41 bits per heavy atom. The lowest BCUT2D eigenvalue weighted by atomic mass is 10.1. The van der Waals surface area contributed by atoms with Crippen molar-refractivity contribution in [3.05, 3.63) is 18.2 Å². The lowest BCUT2D eigenvalue weighted by molar-refractivity contribution is 0.0866. The van der Waals surface area contributed by atoms with Gasteiger partial charge in [-0.25, -0.2) is 4.98 Å². The Morgan fingerprint density at radius 1 is 1.53 bits per heavy atom. The van der Waals surface area contributed by atoms with Gasteiger partial charge in [0.1, 0.15) is 0 Å². The van der Waals surface area contributed by atoms with Crippen LogP contribution in [0.4, 0.5) is 0 Å². The van der Waals surface area contributed by atoms with E-state index < -0.39 is 0 Å². The topological polar surface area (TPSA) is 39.1 Å². The molecule has 0 spiro atoms. The van der Waals surface area contributed by atoms with Gasteiger partial charge >= 0.3 is 0 Å². The van der Waals surface area contributed by atoms with Crippen LogP contribution >= 0.6 is 0 Å². The van der Waals surface area contributed by atoms with E-state index in [1.807, 2.05) is 12.5 Å². The van der Waals surface area contributed by atoms with Crippen molar-refractivity contribution in [2.24, 2.45) is 0 Å². The summed E-state index contributed by atoms with van der Waals surface area (Å²) >= 11 is 0. The van der Waals surface area contributed by atoms with Crippen molar-refractivity contribution in [3.8, 4) is 0 Å². The SMILES string of the molecule is CC(C)n1cncc1COCC1CCCCN1. The van der Waals surface area contributed by atoms with Gasteiger partial charge in [0, 0.05) is 12.1 Å². The summed E-state index contributed by atoms with van der Waals surface area (Å²) < 4.78 is 7.95. The highest BCUT2D eigenvalue weighted by Crippen LogP contribution is 2.11. The van der Waals surface area contributed by atoms with Crippen molar-refractivity contribution in [1.29, 1.82) is 0 Å². The van der Waals surface area contributed by atoms with Crippen molar-refractivity contribution in [1.82, 2.24) is 14.9 Å². The van der Waals surface area contributed by atoms with E-state index in [9.17, 15) is 0 Å². The molecule has 17 heavy (non-hydrogen) atoms. The smallest absolute Gasteiger partial charge is 0.0951 e. The molecule has 1 unspecified atom stereocenters. The Labute approximate surface area is 103 Å². The second kappa shape index (κ2) is 6.17. The Bertz CT molecular complexity index is 329. The largest absolute Gasteiger partial charge is 0.374 e. The number of aromatic nitrogens is 2. The maximum atomic E-state index is 5.78. The molecule has 0 saturated carbocycles. The fourth-order valence-electron chi connectivity index (χ4n) is 2.28. The second-order valence-electron chi connectivity index (χ2n) is 5.05. The van der Waals surface area contributed by atoms with Gasteiger partial charge in [0.2, 0.25) is 0 Å². The van der Waals surface area contributed by atoms with Crippen LogP contribution in [0.25, 0.3) is 0 Å². The van der Waals surface area contributed by atoms with E-state index in [0.29, 0.717) is 18.7 Å². The second-order valence-corrected chi connectivity index (χ2v) is 5.05. The van der Waals surface area contributed by atoms with Crippen LogP contribution in [-0.4, -0.2) is 28.7 Å². The fourth-order valence-corrected chi connectivity index (χ4v) is 2.28. The predicted molar refractivity (Wildman–Crippen MR) is 67.9 cm³/mol. The van der Waals surface area contributed by atoms with Crippen LogP contribution in [0.2, 0.25) is 0 Å². The molecule has 1 atom stereocenters. The van der Waals surface area contributed by atoms with Gasteiger partial charge in [-0.15, -0.1) is 0 Å². The van der Waals surface area contributed by atoms with E-state index in [1.165, 1.54) is 19.3 Å². The third-order valence-electron chi connectivity index (χ3n) is 3.28. The molecule has 4 nitrogen and oxygen atoms in total. The average Bonchev–Trinajstić information content (AvgIpc) is 2.79. The zero-order chi connectivity index (χ0) is 12.1. The fraction of sp³-hybridized carbons (Fsp3) is 0.769. The van der Waals surface area contributed by atoms with E-state index in [1.54, 1.807) is 0 Å². The number of hydrogen-bond acceptors (Lipinski definition) is 3. The first-order chi connectivity index (χ1) is 8.27. The minimum absolute atomic E-state index is 0.448. The number of nitrogens with one attached hydrogen (secondary N) is 1. The molecule has 0 aliphatic carbocycles. The third-order valence-corrected chi connectivity index (χ3v) is 3.28. The summed E-state index contributed by atoms with van der Waals surface area (Å²) in [7, 11) is 0. The average molecular weight is 237 g/mol. The van der Waals surface area contributed by atoms with Gasteiger partial charge in [-0.3, -0.25) is 0 Å². The van der Waals surface area contributed by atoms with Gasteiger partial charge in [0.25, 0.3) is 0 Å². The van der Waals surface area contributed by atoms with E-state index in [0.717, 1.165) is 18.8 Å². The molecule has 0 aromatic carbocycles. The highest BCUT2D eigenvalue weighted by Gasteiger charge is 2.13. The molecule has 1 fully saturated rings. The quantitative estimate of drug-likeness (QED) is 0.852. The molecule has 1 aromatic rings. The van der Waals surface area contributed by atoms with Crippen LogP contribution in [0.15, 0.2) is 12.5 Å². The lowest BCUT2D eigenvalue weighted by Gasteiger charge is -2.23. The van der Waals surface area contributed by atoms with Crippen LogP contribution in [0.3, 0.4) is 0 Å². The first-order valence-corrected chi connectivity index (χ1v) is 6.59. The van der Waals surface area contributed by atoms with Crippen LogP contribution < -0.4 is 5.32 Å². The minimum atomic E-state index is 0.448. The zero-order valence-corrected chi connectivity index (χ0v) is 10.9. The molecule has 1 saturated heterocycles. The maximum absolute atomic E-state index is 5.78. The predicted octanol–water partition coefficient (Wildman–Crippen LogP) is 2.12. The monoisotopic (exact) mass is 237 g/mol. The molecule has 96 valence electrons. The zero-order valence-electron chi connectivity index (χ0n) is 10.9. The summed E-state index contributed by atoms with van der Waals surface area (Å²) in [5.41, 5.74) is 1.16. The molecular formula is C13H23N3O. The van der Waals surface area contributed by atoms with Gasteiger partial charge < -0.3 is 14.6 Å². The molecule has 0 amide bonds. The summed E-state index contributed by atoms with van der Waals surface area (Å²) in [4.78, 5) is 4.18. The molecule has 1 N–H and O–H groups in total.